The number of nitro benzene ring substituents is 1. The molecular weight excluding hydrogens is 272 g/mol. The summed E-state index contributed by atoms with van der Waals surface area (Å²) >= 11 is 0. The van der Waals surface area contributed by atoms with Gasteiger partial charge in [0, 0.05) is 24.6 Å². The maximum absolute atomic E-state index is 12.1. The number of esters is 1. The zero-order chi connectivity index (χ0) is 16.0. The number of nitrogens with zero attached hydrogens (tertiary/aromatic N) is 2. The van der Waals surface area contributed by atoms with Crippen molar-refractivity contribution in [2.24, 2.45) is 0 Å². The minimum atomic E-state index is -0.510. The molecule has 0 bridgehead atoms. The Hall–Kier alpha value is -2.21. The van der Waals surface area contributed by atoms with E-state index in [-0.39, 0.29) is 17.8 Å². The zero-order valence-corrected chi connectivity index (χ0v) is 12.5. The molecule has 0 N–H and O–H groups in total. The largest absolute Gasteiger partial charge is 0.457 e. The minimum absolute atomic E-state index is 0.0324. The first kappa shape index (κ1) is 16.8. The van der Waals surface area contributed by atoms with Crippen LogP contribution in [0.15, 0.2) is 36.9 Å². The molecule has 0 fully saturated rings. The van der Waals surface area contributed by atoms with Crippen molar-refractivity contribution in [3.8, 4) is 0 Å². The third kappa shape index (κ3) is 4.68. The van der Waals surface area contributed by atoms with Crippen LogP contribution in [0.1, 0.15) is 23.7 Å². The van der Waals surface area contributed by atoms with E-state index in [2.05, 4.69) is 6.58 Å². The molecule has 2 unspecified atom stereocenters. The highest BCUT2D eigenvalue weighted by Crippen LogP contribution is 2.16. The van der Waals surface area contributed by atoms with Crippen molar-refractivity contribution in [3.05, 3.63) is 52.6 Å². The Morgan fingerprint density at radius 3 is 2.43 bits per heavy atom. The molecule has 0 saturated heterocycles. The highest BCUT2D eigenvalue weighted by Gasteiger charge is 2.23. The standard InChI is InChI=1S/C15H20N2O4/c1-5-6-14(11(2)16(3)4)21-15(18)12-7-9-13(10-8-12)17(19)20/h5,7-11,14H,1,6H2,2-4H3. The molecule has 0 aliphatic carbocycles. The molecule has 1 aromatic carbocycles. The first-order chi connectivity index (χ1) is 9.86. The number of hydrogen-bond acceptors (Lipinski definition) is 5. The number of benzene rings is 1. The second-order valence-electron chi connectivity index (χ2n) is 4.98. The predicted octanol–water partition coefficient (Wildman–Crippen LogP) is 2.65. The summed E-state index contributed by atoms with van der Waals surface area (Å²) in [6.45, 7) is 5.62. The highest BCUT2D eigenvalue weighted by molar-refractivity contribution is 5.89. The third-order valence-electron chi connectivity index (χ3n) is 3.32. The van der Waals surface area contributed by atoms with Crippen LogP contribution in [-0.2, 0) is 4.74 Å². The molecule has 0 aromatic heterocycles. The Labute approximate surface area is 124 Å². The van der Waals surface area contributed by atoms with Crippen molar-refractivity contribution in [2.75, 3.05) is 14.1 Å². The van der Waals surface area contributed by atoms with Gasteiger partial charge in [-0.05, 0) is 33.2 Å². The molecule has 0 aliphatic heterocycles. The summed E-state index contributed by atoms with van der Waals surface area (Å²) in [5.41, 5.74) is 0.233. The van der Waals surface area contributed by atoms with E-state index in [0.29, 0.717) is 12.0 Å². The summed E-state index contributed by atoms with van der Waals surface area (Å²) < 4.78 is 5.48. The summed E-state index contributed by atoms with van der Waals surface area (Å²) in [7, 11) is 3.81. The van der Waals surface area contributed by atoms with Gasteiger partial charge in [0.15, 0.2) is 0 Å². The summed E-state index contributed by atoms with van der Waals surface area (Å²) in [4.78, 5) is 24.1. The molecular formula is C15H20N2O4. The van der Waals surface area contributed by atoms with Gasteiger partial charge in [0.05, 0.1) is 10.5 Å². The molecule has 0 saturated carbocycles. The Morgan fingerprint density at radius 2 is 2.00 bits per heavy atom. The van der Waals surface area contributed by atoms with Crippen LogP contribution in [-0.4, -0.2) is 42.0 Å². The number of ether oxygens (including phenoxy) is 1. The van der Waals surface area contributed by atoms with Crippen LogP contribution in [0.5, 0.6) is 0 Å². The quantitative estimate of drug-likeness (QED) is 0.334. The lowest BCUT2D eigenvalue weighted by molar-refractivity contribution is -0.384. The van der Waals surface area contributed by atoms with Crippen LogP contribution in [0, 0.1) is 10.1 Å². The summed E-state index contributed by atoms with van der Waals surface area (Å²) in [5, 5.41) is 10.6. The van der Waals surface area contributed by atoms with E-state index >= 15 is 0 Å². The van der Waals surface area contributed by atoms with Crippen molar-refractivity contribution in [3.63, 3.8) is 0 Å². The van der Waals surface area contributed by atoms with E-state index in [4.69, 9.17) is 4.74 Å². The van der Waals surface area contributed by atoms with E-state index < -0.39 is 10.9 Å². The van der Waals surface area contributed by atoms with E-state index in [1.165, 1.54) is 24.3 Å². The van der Waals surface area contributed by atoms with Crippen LogP contribution >= 0.6 is 0 Å². The van der Waals surface area contributed by atoms with E-state index in [1.807, 2.05) is 25.9 Å². The first-order valence-electron chi connectivity index (χ1n) is 6.59. The average Bonchev–Trinajstić information content (AvgIpc) is 2.45. The fourth-order valence-electron chi connectivity index (χ4n) is 1.77. The molecule has 0 radical (unpaired) electrons. The van der Waals surface area contributed by atoms with Gasteiger partial charge in [0.25, 0.3) is 5.69 Å². The van der Waals surface area contributed by atoms with E-state index in [9.17, 15) is 14.9 Å². The summed E-state index contributed by atoms with van der Waals surface area (Å²) in [6, 6.07) is 5.39. The highest BCUT2D eigenvalue weighted by atomic mass is 16.6. The van der Waals surface area contributed by atoms with Gasteiger partial charge >= 0.3 is 5.97 Å². The minimum Gasteiger partial charge on any atom is -0.457 e. The number of hydrogen-bond donors (Lipinski definition) is 0. The lowest BCUT2D eigenvalue weighted by Gasteiger charge is -2.28. The predicted molar refractivity (Wildman–Crippen MR) is 80.3 cm³/mol. The van der Waals surface area contributed by atoms with Crippen molar-refractivity contribution in [1.29, 1.82) is 0 Å². The maximum Gasteiger partial charge on any atom is 0.338 e. The molecule has 114 valence electrons. The van der Waals surface area contributed by atoms with E-state index in [1.54, 1.807) is 6.08 Å². The van der Waals surface area contributed by atoms with Gasteiger partial charge in [-0.3, -0.25) is 10.1 Å². The van der Waals surface area contributed by atoms with Crippen LogP contribution < -0.4 is 0 Å². The molecule has 6 nitrogen and oxygen atoms in total. The van der Waals surface area contributed by atoms with Crippen molar-refractivity contribution in [1.82, 2.24) is 4.90 Å². The number of likely N-dealkylation sites (N-methyl/N-ethyl adjacent to an activating group) is 1. The SMILES string of the molecule is C=CCC(OC(=O)c1ccc([N+](=O)[O-])cc1)C(C)N(C)C. The van der Waals surface area contributed by atoms with Crippen molar-refractivity contribution >= 4 is 11.7 Å². The van der Waals surface area contributed by atoms with Gasteiger partial charge < -0.3 is 9.64 Å². The zero-order valence-electron chi connectivity index (χ0n) is 12.5. The number of rotatable bonds is 7. The molecule has 1 rings (SSSR count). The Morgan fingerprint density at radius 1 is 1.43 bits per heavy atom. The second-order valence-corrected chi connectivity index (χ2v) is 4.98. The Balaban J connectivity index is 2.81. The van der Waals surface area contributed by atoms with Gasteiger partial charge in [0.1, 0.15) is 6.10 Å². The van der Waals surface area contributed by atoms with Crippen LogP contribution in [0.25, 0.3) is 0 Å². The fraction of sp³-hybridized carbons (Fsp3) is 0.400. The van der Waals surface area contributed by atoms with Crippen molar-refractivity contribution in [2.45, 2.75) is 25.5 Å². The fourth-order valence-corrected chi connectivity index (χ4v) is 1.77. The lowest BCUT2D eigenvalue weighted by Crippen LogP contribution is -2.39. The Kier molecular flexibility index (Phi) is 6.05. The van der Waals surface area contributed by atoms with E-state index in [0.717, 1.165) is 0 Å². The molecule has 21 heavy (non-hydrogen) atoms. The lowest BCUT2D eigenvalue weighted by atomic mass is 10.1. The van der Waals surface area contributed by atoms with Gasteiger partial charge in [-0.15, -0.1) is 6.58 Å². The molecule has 1 aromatic rings. The smallest absolute Gasteiger partial charge is 0.338 e. The third-order valence-corrected chi connectivity index (χ3v) is 3.32. The van der Waals surface area contributed by atoms with Crippen LogP contribution in [0.2, 0.25) is 0 Å². The van der Waals surface area contributed by atoms with Gasteiger partial charge in [-0.1, -0.05) is 6.08 Å². The van der Waals surface area contributed by atoms with Crippen LogP contribution in [0.4, 0.5) is 5.69 Å². The second kappa shape index (κ2) is 7.54. The molecule has 0 aliphatic rings. The summed E-state index contributed by atoms with van der Waals surface area (Å²) in [5.74, 6) is -0.495. The van der Waals surface area contributed by atoms with Gasteiger partial charge in [-0.25, -0.2) is 4.79 Å². The number of carbonyl (C=O) groups is 1. The van der Waals surface area contributed by atoms with Gasteiger partial charge in [0.2, 0.25) is 0 Å². The molecule has 2 atom stereocenters. The first-order valence-corrected chi connectivity index (χ1v) is 6.59. The molecule has 0 amide bonds. The maximum atomic E-state index is 12.1. The molecule has 0 spiro atoms. The van der Waals surface area contributed by atoms with Crippen LogP contribution in [0.3, 0.4) is 0 Å². The summed E-state index contributed by atoms with van der Waals surface area (Å²) in [6.07, 6.45) is 1.92. The topological polar surface area (TPSA) is 72.7 Å². The molecule has 0 heterocycles. The number of non-ortho nitro benzene ring substituents is 1. The number of carbonyl (C=O) groups excluding carboxylic acids is 1. The average molecular weight is 292 g/mol. The normalized spacial score (nSPS) is 13.5. The Bertz CT molecular complexity index is 511. The monoisotopic (exact) mass is 292 g/mol. The number of nitro groups is 1. The van der Waals surface area contributed by atoms with Gasteiger partial charge in [-0.2, -0.15) is 0 Å². The van der Waals surface area contributed by atoms with Crippen molar-refractivity contribution < 1.29 is 14.5 Å². The molecule has 6 heteroatoms.